The van der Waals surface area contributed by atoms with Gasteiger partial charge in [-0.3, -0.25) is 0 Å². The van der Waals surface area contributed by atoms with Crippen molar-refractivity contribution in [1.29, 1.82) is 0 Å². The second-order valence-corrected chi connectivity index (χ2v) is 5.10. The number of alkyl halides is 3. The first-order valence-corrected chi connectivity index (χ1v) is 6.30. The third kappa shape index (κ3) is 2.53. The van der Waals surface area contributed by atoms with Crippen LogP contribution in [0.25, 0.3) is 0 Å². The second kappa shape index (κ2) is 4.92. The molecule has 100 valence electrons. The minimum Gasteiger partial charge on any atom is -0.319 e. The zero-order chi connectivity index (χ0) is 13.2. The Hall–Kier alpha value is -1.03. The number of likely N-dealkylation sites (N-methyl/N-ethyl adjacent to an activating group) is 1. The van der Waals surface area contributed by atoms with Crippen LogP contribution in [-0.4, -0.2) is 13.6 Å². The highest BCUT2D eigenvalue weighted by molar-refractivity contribution is 5.33. The number of halogens is 3. The zero-order valence-electron chi connectivity index (χ0n) is 10.5. The van der Waals surface area contributed by atoms with Gasteiger partial charge in [0.1, 0.15) is 0 Å². The maximum atomic E-state index is 12.7. The number of benzene rings is 1. The Bertz CT molecular complexity index is 406. The minimum absolute atomic E-state index is 0.115. The van der Waals surface area contributed by atoms with Crippen molar-refractivity contribution in [2.75, 3.05) is 13.6 Å². The first-order valence-electron chi connectivity index (χ1n) is 6.30. The van der Waals surface area contributed by atoms with E-state index in [1.807, 2.05) is 13.1 Å². The van der Waals surface area contributed by atoms with Crippen LogP contribution in [0.1, 0.15) is 36.8 Å². The van der Waals surface area contributed by atoms with Crippen molar-refractivity contribution in [1.82, 2.24) is 5.32 Å². The Morgan fingerprint density at radius 3 is 2.44 bits per heavy atom. The van der Waals surface area contributed by atoms with Crippen LogP contribution in [0.5, 0.6) is 0 Å². The fourth-order valence-corrected chi connectivity index (χ4v) is 2.98. The van der Waals surface area contributed by atoms with E-state index in [1.165, 1.54) is 12.1 Å². The Morgan fingerprint density at radius 2 is 1.89 bits per heavy atom. The molecular formula is C14H18F3N. The van der Waals surface area contributed by atoms with Crippen molar-refractivity contribution in [2.24, 2.45) is 0 Å². The minimum atomic E-state index is -4.25. The first-order chi connectivity index (χ1) is 8.48. The second-order valence-electron chi connectivity index (χ2n) is 5.10. The maximum absolute atomic E-state index is 12.7. The molecule has 0 bridgehead atoms. The van der Waals surface area contributed by atoms with Crippen LogP contribution in [0.2, 0.25) is 0 Å². The largest absolute Gasteiger partial charge is 0.416 e. The smallest absolute Gasteiger partial charge is 0.319 e. The van der Waals surface area contributed by atoms with E-state index in [2.05, 4.69) is 5.32 Å². The van der Waals surface area contributed by atoms with Crippen LogP contribution >= 0.6 is 0 Å². The van der Waals surface area contributed by atoms with E-state index in [-0.39, 0.29) is 5.41 Å². The fourth-order valence-electron chi connectivity index (χ4n) is 2.98. The lowest BCUT2D eigenvalue weighted by atomic mass is 9.78. The summed E-state index contributed by atoms with van der Waals surface area (Å²) in [6.45, 7) is 0.744. The van der Waals surface area contributed by atoms with Crippen LogP contribution in [-0.2, 0) is 11.6 Å². The van der Waals surface area contributed by atoms with Gasteiger partial charge in [-0.15, -0.1) is 0 Å². The molecule has 1 aromatic rings. The number of rotatable bonds is 3. The van der Waals surface area contributed by atoms with E-state index in [1.54, 1.807) is 0 Å². The summed E-state index contributed by atoms with van der Waals surface area (Å²) in [6, 6.07) is 5.82. The van der Waals surface area contributed by atoms with Gasteiger partial charge in [-0.25, -0.2) is 0 Å². The summed E-state index contributed by atoms with van der Waals surface area (Å²) in [4.78, 5) is 0. The molecule has 0 aliphatic heterocycles. The summed E-state index contributed by atoms with van der Waals surface area (Å²) in [5, 5.41) is 3.13. The Kier molecular flexibility index (Phi) is 3.66. The van der Waals surface area contributed by atoms with Gasteiger partial charge in [0.05, 0.1) is 5.56 Å². The lowest BCUT2D eigenvalue weighted by molar-refractivity contribution is -0.137. The molecule has 1 nitrogen and oxygen atoms in total. The molecule has 0 spiro atoms. The van der Waals surface area contributed by atoms with Crippen LogP contribution < -0.4 is 5.32 Å². The summed E-state index contributed by atoms with van der Waals surface area (Å²) in [6.07, 6.45) is -0.129. The van der Waals surface area contributed by atoms with Gasteiger partial charge in [-0.05, 0) is 31.5 Å². The van der Waals surface area contributed by atoms with Crippen LogP contribution in [0.15, 0.2) is 24.3 Å². The topological polar surface area (TPSA) is 12.0 Å². The molecule has 0 atom stereocenters. The summed E-state index contributed by atoms with van der Waals surface area (Å²) in [5.74, 6) is 0. The van der Waals surface area contributed by atoms with E-state index < -0.39 is 11.7 Å². The molecule has 1 aliphatic carbocycles. The Morgan fingerprint density at radius 1 is 1.22 bits per heavy atom. The van der Waals surface area contributed by atoms with E-state index in [9.17, 15) is 13.2 Å². The van der Waals surface area contributed by atoms with Gasteiger partial charge >= 0.3 is 6.18 Å². The van der Waals surface area contributed by atoms with Gasteiger partial charge in [0.2, 0.25) is 0 Å². The van der Waals surface area contributed by atoms with Gasteiger partial charge in [-0.1, -0.05) is 31.0 Å². The highest BCUT2D eigenvalue weighted by Gasteiger charge is 2.37. The summed E-state index contributed by atoms with van der Waals surface area (Å²) >= 11 is 0. The fraction of sp³-hybridized carbons (Fsp3) is 0.571. The molecule has 0 aromatic heterocycles. The quantitative estimate of drug-likeness (QED) is 0.869. The van der Waals surface area contributed by atoms with Crippen LogP contribution in [0.4, 0.5) is 13.2 Å². The molecule has 0 radical (unpaired) electrons. The molecule has 1 N–H and O–H groups in total. The predicted octanol–water partition coefficient (Wildman–Crippen LogP) is 3.74. The van der Waals surface area contributed by atoms with Gasteiger partial charge < -0.3 is 5.32 Å². The molecule has 0 amide bonds. The van der Waals surface area contributed by atoms with Gasteiger partial charge in [-0.2, -0.15) is 13.2 Å². The molecule has 18 heavy (non-hydrogen) atoms. The molecule has 0 unspecified atom stereocenters. The van der Waals surface area contributed by atoms with Crippen molar-refractivity contribution in [3.8, 4) is 0 Å². The first kappa shape index (κ1) is 13.4. The standard InChI is InChI=1S/C14H18F3N/c1-18-10-13(7-2-3-8-13)11-5-4-6-12(9-11)14(15,16)17/h4-6,9,18H,2-3,7-8,10H2,1H3. The van der Waals surface area contributed by atoms with E-state index in [0.717, 1.165) is 43.9 Å². The van der Waals surface area contributed by atoms with Crippen LogP contribution in [0.3, 0.4) is 0 Å². The summed E-state index contributed by atoms with van der Waals surface area (Å²) in [7, 11) is 1.85. The average Bonchev–Trinajstić information content (AvgIpc) is 2.79. The van der Waals surface area contributed by atoms with Crippen molar-refractivity contribution in [2.45, 2.75) is 37.3 Å². The molecule has 0 saturated heterocycles. The third-order valence-electron chi connectivity index (χ3n) is 3.88. The van der Waals surface area contributed by atoms with E-state index in [4.69, 9.17) is 0 Å². The SMILES string of the molecule is CNCC1(c2cccc(C(F)(F)F)c2)CCCC1. The lowest BCUT2D eigenvalue weighted by Crippen LogP contribution is -2.34. The third-order valence-corrected chi connectivity index (χ3v) is 3.88. The van der Waals surface area contributed by atoms with Crippen molar-refractivity contribution in [3.63, 3.8) is 0 Å². The van der Waals surface area contributed by atoms with E-state index >= 15 is 0 Å². The molecule has 1 saturated carbocycles. The van der Waals surface area contributed by atoms with Gasteiger partial charge in [0.15, 0.2) is 0 Å². The molecule has 1 aromatic carbocycles. The number of hydrogen-bond donors (Lipinski definition) is 1. The number of hydrogen-bond acceptors (Lipinski definition) is 1. The highest BCUT2D eigenvalue weighted by Crippen LogP contribution is 2.42. The Labute approximate surface area is 105 Å². The van der Waals surface area contributed by atoms with Gasteiger partial charge in [0.25, 0.3) is 0 Å². The molecule has 2 rings (SSSR count). The number of nitrogens with one attached hydrogen (secondary N) is 1. The van der Waals surface area contributed by atoms with Gasteiger partial charge in [0, 0.05) is 12.0 Å². The summed E-state index contributed by atoms with van der Waals surface area (Å²) in [5.41, 5.74) is 0.169. The molecule has 4 heteroatoms. The monoisotopic (exact) mass is 257 g/mol. The average molecular weight is 257 g/mol. The van der Waals surface area contributed by atoms with Crippen molar-refractivity contribution >= 4 is 0 Å². The molecule has 1 fully saturated rings. The lowest BCUT2D eigenvalue weighted by Gasteiger charge is -2.30. The molecular weight excluding hydrogens is 239 g/mol. The normalized spacial score (nSPS) is 19.1. The maximum Gasteiger partial charge on any atom is 0.416 e. The predicted molar refractivity (Wildman–Crippen MR) is 65.5 cm³/mol. The molecule has 1 aliphatic rings. The Balaban J connectivity index is 2.37. The highest BCUT2D eigenvalue weighted by atomic mass is 19.4. The van der Waals surface area contributed by atoms with E-state index in [0.29, 0.717) is 0 Å². The molecule has 0 heterocycles. The van der Waals surface area contributed by atoms with Crippen LogP contribution in [0, 0.1) is 0 Å². The van der Waals surface area contributed by atoms with Crippen molar-refractivity contribution in [3.05, 3.63) is 35.4 Å². The van der Waals surface area contributed by atoms with Crippen molar-refractivity contribution < 1.29 is 13.2 Å². The summed E-state index contributed by atoms with van der Waals surface area (Å²) < 4.78 is 38.2. The zero-order valence-corrected chi connectivity index (χ0v) is 10.5.